The summed E-state index contributed by atoms with van der Waals surface area (Å²) in [7, 11) is 0. The molecule has 5 nitrogen and oxygen atoms in total. The number of anilines is 2. The van der Waals surface area contributed by atoms with E-state index in [2.05, 4.69) is 5.32 Å². The lowest BCUT2D eigenvalue weighted by Gasteiger charge is -2.16. The van der Waals surface area contributed by atoms with Gasteiger partial charge in [-0.15, -0.1) is 0 Å². The number of nitrogens with zero attached hydrogens (tertiary/aromatic N) is 1. The van der Waals surface area contributed by atoms with Gasteiger partial charge in [-0.1, -0.05) is 23.2 Å². The van der Waals surface area contributed by atoms with E-state index in [0.717, 1.165) is 0 Å². The standard InChI is InChI=1S/C18H16Cl2N2O3/c1-2-25-13-6-4-12(5-7-13)22-17(23)10-16(18(22)24)21-11-3-8-14(19)15(20)9-11/h3-9,16,21H,2,10H2,1H3. The molecule has 2 aromatic carbocycles. The molecule has 1 heterocycles. The number of carbonyl (C=O) groups excluding carboxylic acids is 2. The Hall–Kier alpha value is -2.24. The van der Waals surface area contributed by atoms with Crippen LogP contribution in [-0.2, 0) is 9.59 Å². The van der Waals surface area contributed by atoms with Crippen LogP contribution in [0.4, 0.5) is 11.4 Å². The minimum atomic E-state index is -0.642. The summed E-state index contributed by atoms with van der Waals surface area (Å²) in [5.74, 6) is 0.128. The third-order valence-corrected chi connectivity index (χ3v) is 4.55. The van der Waals surface area contributed by atoms with Crippen LogP contribution in [0.2, 0.25) is 10.0 Å². The van der Waals surface area contributed by atoms with E-state index in [0.29, 0.717) is 33.8 Å². The third-order valence-electron chi connectivity index (χ3n) is 3.81. The predicted octanol–water partition coefficient (Wildman–Crippen LogP) is 4.14. The molecular formula is C18H16Cl2N2O3. The Morgan fingerprint density at radius 3 is 2.48 bits per heavy atom. The Bertz CT molecular complexity index is 808. The minimum Gasteiger partial charge on any atom is -0.494 e. The number of halogens is 2. The molecular weight excluding hydrogens is 363 g/mol. The second-order valence-electron chi connectivity index (χ2n) is 5.52. The van der Waals surface area contributed by atoms with Crippen LogP contribution in [-0.4, -0.2) is 24.5 Å². The van der Waals surface area contributed by atoms with Crippen molar-refractivity contribution in [3.63, 3.8) is 0 Å². The minimum absolute atomic E-state index is 0.0757. The van der Waals surface area contributed by atoms with E-state index in [4.69, 9.17) is 27.9 Å². The fraction of sp³-hybridized carbons (Fsp3) is 0.222. The zero-order chi connectivity index (χ0) is 18.0. The van der Waals surface area contributed by atoms with Crippen molar-refractivity contribution in [2.75, 3.05) is 16.8 Å². The fourth-order valence-corrected chi connectivity index (χ4v) is 2.96. The van der Waals surface area contributed by atoms with Crippen LogP contribution in [0.3, 0.4) is 0 Å². The average Bonchev–Trinajstić information content (AvgIpc) is 2.86. The molecule has 0 bridgehead atoms. The van der Waals surface area contributed by atoms with E-state index >= 15 is 0 Å². The first kappa shape index (κ1) is 17.6. The van der Waals surface area contributed by atoms with Crippen molar-refractivity contribution < 1.29 is 14.3 Å². The lowest BCUT2D eigenvalue weighted by Crippen LogP contribution is -2.34. The van der Waals surface area contributed by atoms with E-state index in [1.807, 2.05) is 6.92 Å². The summed E-state index contributed by atoms with van der Waals surface area (Å²) >= 11 is 11.9. The van der Waals surface area contributed by atoms with Gasteiger partial charge in [0.15, 0.2) is 0 Å². The van der Waals surface area contributed by atoms with Crippen LogP contribution in [0.25, 0.3) is 0 Å². The smallest absolute Gasteiger partial charge is 0.256 e. The lowest BCUT2D eigenvalue weighted by molar-refractivity contribution is -0.121. The molecule has 1 atom stereocenters. The molecule has 1 fully saturated rings. The topological polar surface area (TPSA) is 58.6 Å². The Morgan fingerprint density at radius 1 is 1.12 bits per heavy atom. The normalized spacial score (nSPS) is 17.1. The molecule has 0 saturated carbocycles. The molecule has 0 aromatic heterocycles. The van der Waals surface area contributed by atoms with Gasteiger partial charge in [-0.05, 0) is 49.4 Å². The molecule has 1 aliphatic heterocycles. The van der Waals surface area contributed by atoms with Crippen LogP contribution in [0, 0.1) is 0 Å². The zero-order valence-electron chi connectivity index (χ0n) is 13.5. The van der Waals surface area contributed by atoms with Crippen LogP contribution in [0.15, 0.2) is 42.5 Å². The maximum Gasteiger partial charge on any atom is 0.256 e. The molecule has 1 saturated heterocycles. The summed E-state index contributed by atoms with van der Waals surface area (Å²) in [5.41, 5.74) is 1.16. The third kappa shape index (κ3) is 3.72. The van der Waals surface area contributed by atoms with Gasteiger partial charge in [-0.2, -0.15) is 0 Å². The van der Waals surface area contributed by atoms with Crippen LogP contribution in [0.5, 0.6) is 5.75 Å². The molecule has 130 valence electrons. The van der Waals surface area contributed by atoms with Gasteiger partial charge < -0.3 is 10.1 Å². The second kappa shape index (κ2) is 7.33. The fourth-order valence-electron chi connectivity index (χ4n) is 2.66. The highest BCUT2D eigenvalue weighted by Gasteiger charge is 2.39. The number of nitrogens with one attached hydrogen (secondary N) is 1. The number of rotatable bonds is 5. The maximum absolute atomic E-state index is 12.6. The molecule has 1 aliphatic rings. The van der Waals surface area contributed by atoms with Gasteiger partial charge in [0.25, 0.3) is 5.91 Å². The van der Waals surface area contributed by atoms with Gasteiger partial charge in [0.1, 0.15) is 11.8 Å². The number of benzene rings is 2. The molecule has 25 heavy (non-hydrogen) atoms. The number of ether oxygens (including phenoxy) is 1. The SMILES string of the molecule is CCOc1ccc(N2C(=O)CC(Nc3ccc(Cl)c(Cl)c3)C2=O)cc1. The van der Waals surface area contributed by atoms with Crippen molar-refractivity contribution in [1.82, 2.24) is 0 Å². The summed E-state index contributed by atoms with van der Waals surface area (Å²) in [6.07, 6.45) is 0.0757. The van der Waals surface area contributed by atoms with Gasteiger partial charge in [0, 0.05) is 5.69 Å². The Morgan fingerprint density at radius 2 is 1.84 bits per heavy atom. The van der Waals surface area contributed by atoms with Crippen molar-refractivity contribution in [3.8, 4) is 5.75 Å². The second-order valence-corrected chi connectivity index (χ2v) is 6.34. The summed E-state index contributed by atoms with van der Waals surface area (Å²) in [6, 6.07) is 11.2. The van der Waals surface area contributed by atoms with Crippen molar-refractivity contribution in [3.05, 3.63) is 52.5 Å². The van der Waals surface area contributed by atoms with E-state index in [9.17, 15) is 9.59 Å². The quantitative estimate of drug-likeness (QED) is 0.794. The summed E-state index contributed by atoms with van der Waals surface area (Å²) < 4.78 is 5.37. The molecule has 0 radical (unpaired) electrons. The molecule has 3 rings (SSSR count). The van der Waals surface area contributed by atoms with Gasteiger partial charge in [0.05, 0.1) is 28.8 Å². The van der Waals surface area contributed by atoms with Gasteiger partial charge in [-0.25, -0.2) is 4.90 Å². The van der Waals surface area contributed by atoms with Gasteiger partial charge in [-0.3, -0.25) is 9.59 Å². The molecule has 1 unspecified atom stereocenters. The van der Waals surface area contributed by atoms with Crippen LogP contribution in [0.1, 0.15) is 13.3 Å². The highest BCUT2D eigenvalue weighted by Crippen LogP contribution is 2.29. The highest BCUT2D eigenvalue weighted by molar-refractivity contribution is 6.42. The van der Waals surface area contributed by atoms with Crippen LogP contribution < -0.4 is 15.0 Å². The molecule has 0 aliphatic carbocycles. The highest BCUT2D eigenvalue weighted by atomic mass is 35.5. The monoisotopic (exact) mass is 378 g/mol. The molecule has 1 N–H and O–H groups in total. The molecule has 0 spiro atoms. The molecule has 2 aromatic rings. The first-order valence-corrected chi connectivity index (χ1v) is 8.56. The zero-order valence-corrected chi connectivity index (χ0v) is 15.0. The summed E-state index contributed by atoms with van der Waals surface area (Å²) in [5, 5.41) is 3.85. The van der Waals surface area contributed by atoms with Crippen molar-refractivity contribution >= 4 is 46.4 Å². The Kier molecular flexibility index (Phi) is 5.16. The lowest BCUT2D eigenvalue weighted by atomic mass is 10.2. The van der Waals surface area contributed by atoms with Crippen LogP contribution >= 0.6 is 23.2 Å². The number of hydrogen-bond acceptors (Lipinski definition) is 4. The average molecular weight is 379 g/mol. The van der Waals surface area contributed by atoms with E-state index in [1.54, 1.807) is 42.5 Å². The van der Waals surface area contributed by atoms with Crippen molar-refractivity contribution in [2.24, 2.45) is 0 Å². The molecule has 2 amide bonds. The number of amides is 2. The summed E-state index contributed by atoms with van der Waals surface area (Å²) in [4.78, 5) is 26.1. The van der Waals surface area contributed by atoms with Gasteiger partial charge in [0.2, 0.25) is 5.91 Å². The number of hydrogen-bond donors (Lipinski definition) is 1. The Balaban J connectivity index is 1.76. The number of carbonyl (C=O) groups is 2. The van der Waals surface area contributed by atoms with Gasteiger partial charge >= 0.3 is 0 Å². The van der Waals surface area contributed by atoms with E-state index in [1.165, 1.54) is 4.90 Å². The first-order valence-electron chi connectivity index (χ1n) is 7.81. The molecule has 7 heteroatoms. The first-order chi connectivity index (χ1) is 12.0. The van der Waals surface area contributed by atoms with E-state index < -0.39 is 6.04 Å². The number of imide groups is 1. The maximum atomic E-state index is 12.6. The predicted molar refractivity (Wildman–Crippen MR) is 98.6 cm³/mol. The Labute approximate surface area is 155 Å². The largest absolute Gasteiger partial charge is 0.494 e. The van der Waals surface area contributed by atoms with E-state index in [-0.39, 0.29) is 18.2 Å². The van der Waals surface area contributed by atoms with Crippen molar-refractivity contribution in [2.45, 2.75) is 19.4 Å². The van der Waals surface area contributed by atoms with Crippen molar-refractivity contribution in [1.29, 1.82) is 0 Å². The summed E-state index contributed by atoms with van der Waals surface area (Å²) in [6.45, 7) is 2.44.